The van der Waals surface area contributed by atoms with Crippen molar-refractivity contribution in [3.63, 3.8) is 0 Å². The van der Waals surface area contributed by atoms with Gasteiger partial charge in [-0.2, -0.15) is 0 Å². The molecule has 1 saturated carbocycles. The first kappa shape index (κ1) is 13.8. The van der Waals surface area contributed by atoms with Crippen LogP contribution < -0.4 is 4.74 Å². The number of carbonyl (C=O) groups is 1. The maximum atomic E-state index is 11.5. The van der Waals surface area contributed by atoms with Crippen LogP contribution in [0.15, 0.2) is 18.5 Å². The molecular formula is C15H21NO3. The fourth-order valence-electron chi connectivity index (χ4n) is 2.98. The topological polar surface area (TPSA) is 59.4 Å². The van der Waals surface area contributed by atoms with Crippen LogP contribution in [0, 0.1) is 11.3 Å². The van der Waals surface area contributed by atoms with E-state index in [-0.39, 0.29) is 17.3 Å². The number of aliphatic carboxylic acids is 1. The number of rotatable bonds is 3. The molecule has 4 nitrogen and oxygen atoms in total. The summed E-state index contributed by atoms with van der Waals surface area (Å²) in [5.74, 6) is -0.320. The van der Waals surface area contributed by atoms with Crippen molar-refractivity contribution in [1.29, 1.82) is 0 Å². The number of aromatic nitrogens is 1. The Morgan fingerprint density at radius 1 is 1.47 bits per heavy atom. The number of methoxy groups -OCH3 is 1. The molecule has 2 unspecified atom stereocenters. The van der Waals surface area contributed by atoms with Gasteiger partial charge in [-0.15, -0.1) is 0 Å². The van der Waals surface area contributed by atoms with Gasteiger partial charge in [-0.1, -0.05) is 13.8 Å². The first-order chi connectivity index (χ1) is 8.93. The molecule has 2 atom stereocenters. The summed E-state index contributed by atoms with van der Waals surface area (Å²) in [7, 11) is 1.60. The van der Waals surface area contributed by atoms with Crippen molar-refractivity contribution in [3.8, 4) is 5.75 Å². The zero-order valence-electron chi connectivity index (χ0n) is 11.7. The van der Waals surface area contributed by atoms with Crippen molar-refractivity contribution in [2.24, 2.45) is 11.3 Å². The van der Waals surface area contributed by atoms with Crippen LogP contribution in [0.5, 0.6) is 5.75 Å². The smallest absolute Gasteiger partial charge is 0.307 e. The number of carboxylic acid groups (broad SMARTS) is 1. The molecule has 0 radical (unpaired) electrons. The Bertz CT molecular complexity index is 470. The molecule has 104 valence electrons. The van der Waals surface area contributed by atoms with E-state index in [1.807, 2.05) is 6.07 Å². The number of pyridine rings is 1. The number of hydrogen-bond acceptors (Lipinski definition) is 3. The molecule has 1 aliphatic carbocycles. The highest BCUT2D eigenvalue weighted by Gasteiger charge is 2.39. The summed E-state index contributed by atoms with van der Waals surface area (Å²) in [6, 6.07) is 1.91. The third-order valence-electron chi connectivity index (χ3n) is 4.11. The third kappa shape index (κ3) is 3.06. The summed E-state index contributed by atoms with van der Waals surface area (Å²) in [5.41, 5.74) is 1.15. The van der Waals surface area contributed by atoms with E-state index in [2.05, 4.69) is 18.8 Å². The van der Waals surface area contributed by atoms with Crippen LogP contribution in [0.4, 0.5) is 0 Å². The molecule has 1 aromatic heterocycles. The fraction of sp³-hybridized carbons (Fsp3) is 0.600. The highest BCUT2D eigenvalue weighted by Crippen LogP contribution is 2.47. The van der Waals surface area contributed by atoms with Gasteiger partial charge in [-0.25, -0.2) is 0 Å². The third-order valence-corrected chi connectivity index (χ3v) is 4.11. The van der Waals surface area contributed by atoms with Gasteiger partial charge in [-0.05, 0) is 42.2 Å². The lowest BCUT2D eigenvalue weighted by molar-refractivity contribution is -0.144. The minimum Gasteiger partial charge on any atom is -0.495 e. The Morgan fingerprint density at radius 2 is 2.21 bits per heavy atom. The number of hydrogen-bond donors (Lipinski definition) is 1. The second kappa shape index (κ2) is 5.19. The van der Waals surface area contributed by atoms with E-state index >= 15 is 0 Å². The average molecular weight is 263 g/mol. The Hall–Kier alpha value is -1.58. The lowest BCUT2D eigenvalue weighted by Gasteiger charge is -2.39. The first-order valence-electron chi connectivity index (χ1n) is 6.65. The van der Waals surface area contributed by atoms with E-state index in [9.17, 15) is 9.90 Å². The largest absolute Gasteiger partial charge is 0.495 e. The molecule has 1 heterocycles. The summed E-state index contributed by atoms with van der Waals surface area (Å²) in [5, 5.41) is 9.42. The number of carboxylic acids is 1. The summed E-state index contributed by atoms with van der Waals surface area (Å²) in [6.45, 7) is 4.40. The molecular weight excluding hydrogens is 242 g/mol. The summed E-state index contributed by atoms with van der Waals surface area (Å²) < 4.78 is 5.18. The van der Waals surface area contributed by atoms with E-state index in [1.54, 1.807) is 19.5 Å². The van der Waals surface area contributed by atoms with Crippen LogP contribution in [0.1, 0.15) is 44.6 Å². The van der Waals surface area contributed by atoms with Crippen LogP contribution in [-0.2, 0) is 4.79 Å². The molecule has 0 bridgehead atoms. The molecule has 0 spiro atoms. The van der Waals surface area contributed by atoms with Gasteiger partial charge in [0.1, 0.15) is 5.75 Å². The lowest BCUT2D eigenvalue weighted by atomic mass is 9.65. The van der Waals surface area contributed by atoms with E-state index < -0.39 is 5.97 Å². The lowest BCUT2D eigenvalue weighted by Crippen LogP contribution is -2.33. The Kier molecular flexibility index (Phi) is 3.78. The van der Waals surface area contributed by atoms with Crippen LogP contribution in [0.2, 0.25) is 0 Å². The molecule has 2 rings (SSSR count). The maximum Gasteiger partial charge on any atom is 0.307 e. The van der Waals surface area contributed by atoms with E-state index in [0.29, 0.717) is 5.75 Å². The summed E-state index contributed by atoms with van der Waals surface area (Å²) in [6.07, 6.45) is 5.97. The van der Waals surface area contributed by atoms with Gasteiger partial charge >= 0.3 is 5.97 Å². The Labute approximate surface area is 113 Å². The van der Waals surface area contributed by atoms with Gasteiger partial charge in [0.2, 0.25) is 0 Å². The second-order valence-corrected chi connectivity index (χ2v) is 6.12. The Morgan fingerprint density at radius 3 is 2.84 bits per heavy atom. The van der Waals surface area contributed by atoms with Gasteiger partial charge < -0.3 is 9.84 Å². The average Bonchev–Trinajstić information content (AvgIpc) is 2.37. The molecule has 1 fully saturated rings. The fourth-order valence-corrected chi connectivity index (χ4v) is 2.98. The molecule has 4 heteroatoms. The van der Waals surface area contributed by atoms with Gasteiger partial charge in [-0.3, -0.25) is 9.78 Å². The highest BCUT2D eigenvalue weighted by molar-refractivity contribution is 5.71. The van der Waals surface area contributed by atoms with Crippen LogP contribution >= 0.6 is 0 Å². The normalized spacial score (nSPS) is 25.8. The van der Waals surface area contributed by atoms with E-state index in [4.69, 9.17) is 4.74 Å². The van der Waals surface area contributed by atoms with Gasteiger partial charge in [0.25, 0.3) is 0 Å². The van der Waals surface area contributed by atoms with Crippen molar-refractivity contribution in [2.75, 3.05) is 7.11 Å². The zero-order chi connectivity index (χ0) is 14.0. The standard InChI is InChI=1S/C15H21NO3/c1-15(2)5-4-12(14(17)18)13(7-15)10-6-11(19-3)9-16-8-10/h6,8-9,12-13H,4-5,7H2,1-3H3,(H,17,18). The first-order valence-corrected chi connectivity index (χ1v) is 6.65. The predicted molar refractivity (Wildman–Crippen MR) is 72.3 cm³/mol. The molecule has 0 aliphatic heterocycles. The monoisotopic (exact) mass is 263 g/mol. The molecule has 0 saturated heterocycles. The molecule has 1 aromatic rings. The van der Waals surface area contributed by atoms with Crippen LogP contribution in [-0.4, -0.2) is 23.2 Å². The predicted octanol–water partition coefficient (Wildman–Crippen LogP) is 3.08. The van der Waals surface area contributed by atoms with Gasteiger partial charge in [0.15, 0.2) is 0 Å². The van der Waals surface area contributed by atoms with E-state index in [0.717, 1.165) is 24.8 Å². The molecule has 1 N–H and O–H groups in total. The van der Waals surface area contributed by atoms with Gasteiger partial charge in [0.05, 0.1) is 19.2 Å². The molecule has 1 aliphatic rings. The number of ether oxygens (including phenoxy) is 1. The molecule has 19 heavy (non-hydrogen) atoms. The second-order valence-electron chi connectivity index (χ2n) is 6.12. The quantitative estimate of drug-likeness (QED) is 0.910. The minimum atomic E-state index is -0.705. The van der Waals surface area contributed by atoms with Crippen molar-refractivity contribution in [1.82, 2.24) is 4.98 Å². The van der Waals surface area contributed by atoms with E-state index in [1.165, 1.54) is 0 Å². The highest BCUT2D eigenvalue weighted by atomic mass is 16.5. The molecule has 0 aromatic carbocycles. The SMILES string of the molecule is COc1cncc(C2CC(C)(C)CCC2C(=O)O)c1. The zero-order valence-corrected chi connectivity index (χ0v) is 11.7. The van der Waals surface area contributed by atoms with Crippen molar-refractivity contribution >= 4 is 5.97 Å². The van der Waals surface area contributed by atoms with Crippen LogP contribution in [0.3, 0.4) is 0 Å². The molecule has 0 amide bonds. The van der Waals surface area contributed by atoms with Crippen molar-refractivity contribution in [2.45, 2.75) is 39.0 Å². The number of nitrogens with zero attached hydrogens (tertiary/aromatic N) is 1. The summed E-state index contributed by atoms with van der Waals surface area (Å²) in [4.78, 5) is 15.6. The van der Waals surface area contributed by atoms with Crippen LogP contribution in [0.25, 0.3) is 0 Å². The maximum absolute atomic E-state index is 11.5. The van der Waals surface area contributed by atoms with Gasteiger partial charge in [0, 0.05) is 6.20 Å². The van der Waals surface area contributed by atoms with Crippen molar-refractivity contribution < 1.29 is 14.6 Å². The minimum absolute atomic E-state index is 0.0175. The Balaban J connectivity index is 2.33. The van der Waals surface area contributed by atoms with Crippen molar-refractivity contribution in [3.05, 3.63) is 24.0 Å². The summed E-state index contributed by atoms with van der Waals surface area (Å²) >= 11 is 0.